The fraction of sp³-hybridized carbons (Fsp3) is 0.231. The summed E-state index contributed by atoms with van der Waals surface area (Å²) in [5, 5.41) is 1.08. The highest BCUT2D eigenvalue weighted by atomic mass is 32.1. The number of hydrogen-bond acceptors (Lipinski definition) is 2. The molecule has 0 aliphatic heterocycles. The molecule has 0 atom stereocenters. The van der Waals surface area contributed by atoms with Gasteiger partial charge in [-0.05, 0) is 31.9 Å². The van der Waals surface area contributed by atoms with Crippen molar-refractivity contribution in [2.45, 2.75) is 20.3 Å². The average Bonchev–Trinajstić information content (AvgIpc) is 2.59. The summed E-state index contributed by atoms with van der Waals surface area (Å²) in [6, 6.07) is 8.55. The van der Waals surface area contributed by atoms with Gasteiger partial charge in [0.1, 0.15) is 5.01 Å². The Balaban J connectivity index is 2.44. The average molecular weight is 216 g/mol. The molecule has 0 saturated heterocycles. The van der Waals surface area contributed by atoms with Crippen LogP contribution in [0.15, 0.2) is 24.3 Å². The summed E-state index contributed by atoms with van der Waals surface area (Å²) in [6.45, 7) is 8.14. The first kappa shape index (κ1) is 10.4. The first-order valence-electron chi connectivity index (χ1n) is 5.09. The van der Waals surface area contributed by atoms with Gasteiger partial charge in [-0.3, -0.25) is 0 Å². The molecule has 0 spiro atoms. The first-order valence-corrected chi connectivity index (χ1v) is 5.91. The predicted molar refractivity (Wildman–Crippen MR) is 66.1 cm³/mol. The van der Waals surface area contributed by atoms with Crippen LogP contribution in [0.1, 0.15) is 23.1 Å². The minimum atomic E-state index is 1.04. The molecule has 1 nitrogen and oxygen atoms in total. The molecular weight excluding hydrogens is 202 g/mol. The van der Waals surface area contributed by atoms with E-state index in [0.717, 1.165) is 22.0 Å². The Bertz CT molecular complexity index is 452. The normalized spacial score (nSPS) is 10.6. The summed E-state index contributed by atoms with van der Waals surface area (Å²) >= 11 is 1.66. The number of thiazole rings is 1. The van der Waals surface area contributed by atoms with Crippen molar-refractivity contribution in [3.05, 3.63) is 47.3 Å². The van der Waals surface area contributed by atoms with Crippen molar-refractivity contribution in [3.8, 4) is 10.6 Å². The summed E-state index contributed by atoms with van der Waals surface area (Å²) in [4.78, 5) is 5.57. The van der Waals surface area contributed by atoms with Crippen LogP contribution in [0.25, 0.3) is 10.6 Å². The predicted octanol–water partition coefficient (Wildman–Crippen LogP) is 3.86. The minimum Gasteiger partial charge on any atom is -0.241 e. The van der Waals surface area contributed by atoms with E-state index in [4.69, 9.17) is 0 Å². The summed E-state index contributed by atoms with van der Waals surface area (Å²) in [7, 11) is 0. The van der Waals surface area contributed by atoms with E-state index in [1.54, 1.807) is 11.3 Å². The van der Waals surface area contributed by atoms with Crippen molar-refractivity contribution in [2.75, 3.05) is 0 Å². The van der Waals surface area contributed by atoms with E-state index in [1.807, 2.05) is 6.92 Å². The molecule has 1 heterocycles. The van der Waals surface area contributed by atoms with Crippen LogP contribution >= 0.6 is 11.3 Å². The van der Waals surface area contributed by atoms with Crippen LogP contribution < -0.4 is 0 Å². The fourth-order valence-corrected chi connectivity index (χ4v) is 2.33. The lowest BCUT2D eigenvalue weighted by atomic mass is 10.1. The van der Waals surface area contributed by atoms with Crippen LogP contribution in [0.2, 0.25) is 0 Å². The minimum absolute atomic E-state index is 1.04. The van der Waals surface area contributed by atoms with Crippen LogP contribution in [0.3, 0.4) is 0 Å². The third kappa shape index (κ3) is 2.10. The van der Waals surface area contributed by atoms with E-state index in [-0.39, 0.29) is 0 Å². The summed E-state index contributed by atoms with van der Waals surface area (Å²) in [5.74, 6) is 0. The van der Waals surface area contributed by atoms with Crippen molar-refractivity contribution in [1.82, 2.24) is 4.98 Å². The molecule has 15 heavy (non-hydrogen) atoms. The molecule has 1 aromatic carbocycles. The zero-order valence-corrected chi connectivity index (χ0v) is 9.90. The Labute approximate surface area is 94.8 Å². The van der Waals surface area contributed by atoms with Gasteiger partial charge in [0.25, 0.3) is 0 Å². The lowest BCUT2D eigenvalue weighted by Gasteiger charge is -1.99. The standard InChI is InChI=1S/C13H14NS/c1-4-11-6-5-7-12(8-11)13-14-9(2)10(3)15-13/h5-8H,3-4H2,1-2H3. The monoisotopic (exact) mass is 216 g/mol. The van der Waals surface area contributed by atoms with Crippen molar-refractivity contribution in [1.29, 1.82) is 0 Å². The molecule has 0 saturated carbocycles. The largest absolute Gasteiger partial charge is 0.241 e. The maximum atomic E-state index is 4.51. The van der Waals surface area contributed by atoms with Crippen molar-refractivity contribution >= 4 is 11.3 Å². The molecular formula is C13H14NS. The van der Waals surface area contributed by atoms with Crippen LogP contribution in [0.4, 0.5) is 0 Å². The summed E-state index contributed by atoms with van der Waals surface area (Å²) in [5.41, 5.74) is 3.60. The lowest BCUT2D eigenvalue weighted by Crippen LogP contribution is -1.82. The van der Waals surface area contributed by atoms with E-state index in [1.165, 1.54) is 11.1 Å². The Morgan fingerprint density at radius 3 is 2.80 bits per heavy atom. The Morgan fingerprint density at radius 2 is 2.20 bits per heavy atom. The van der Waals surface area contributed by atoms with Crippen LogP contribution in [-0.2, 0) is 6.42 Å². The number of benzene rings is 1. The summed E-state index contributed by atoms with van der Waals surface area (Å²) < 4.78 is 0. The van der Waals surface area contributed by atoms with Crippen LogP contribution in [0, 0.1) is 13.8 Å². The molecule has 1 radical (unpaired) electrons. The van der Waals surface area contributed by atoms with Crippen molar-refractivity contribution in [3.63, 3.8) is 0 Å². The van der Waals surface area contributed by atoms with Crippen LogP contribution in [-0.4, -0.2) is 4.98 Å². The van der Waals surface area contributed by atoms with E-state index in [9.17, 15) is 0 Å². The maximum Gasteiger partial charge on any atom is 0.123 e. The third-order valence-corrected chi connectivity index (χ3v) is 3.54. The summed E-state index contributed by atoms with van der Waals surface area (Å²) in [6.07, 6.45) is 1.06. The van der Waals surface area contributed by atoms with Crippen molar-refractivity contribution < 1.29 is 0 Å². The topological polar surface area (TPSA) is 12.9 Å². The lowest BCUT2D eigenvalue weighted by molar-refractivity contribution is 1.14. The molecule has 77 valence electrons. The van der Waals surface area contributed by atoms with Gasteiger partial charge in [0, 0.05) is 10.4 Å². The zero-order chi connectivity index (χ0) is 10.8. The molecule has 2 rings (SSSR count). The maximum absolute atomic E-state index is 4.51. The number of aryl methyl sites for hydroxylation is 2. The highest BCUT2D eigenvalue weighted by Crippen LogP contribution is 2.27. The molecule has 0 unspecified atom stereocenters. The Morgan fingerprint density at radius 1 is 1.40 bits per heavy atom. The first-order chi connectivity index (χ1) is 7.20. The highest BCUT2D eigenvalue weighted by molar-refractivity contribution is 7.15. The molecule has 1 aromatic heterocycles. The van der Waals surface area contributed by atoms with Gasteiger partial charge in [0.05, 0.1) is 5.69 Å². The highest BCUT2D eigenvalue weighted by Gasteiger charge is 2.06. The van der Waals surface area contributed by atoms with Gasteiger partial charge in [-0.1, -0.05) is 25.1 Å². The van der Waals surface area contributed by atoms with Gasteiger partial charge in [-0.15, -0.1) is 11.3 Å². The molecule has 0 aliphatic carbocycles. The van der Waals surface area contributed by atoms with E-state index >= 15 is 0 Å². The molecule has 2 aromatic rings. The third-order valence-electron chi connectivity index (χ3n) is 2.47. The van der Waals surface area contributed by atoms with Gasteiger partial charge >= 0.3 is 0 Å². The molecule has 0 aliphatic rings. The number of rotatable bonds is 2. The quantitative estimate of drug-likeness (QED) is 0.742. The number of hydrogen-bond donors (Lipinski definition) is 0. The van der Waals surface area contributed by atoms with E-state index < -0.39 is 0 Å². The van der Waals surface area contributed by atoms with E-state index in [2.05, 4.69) is 43.1 Å². The second-order valence-corrected chi connectivity index (χ2v) is 4.67. The second kappa shape index (κ2) is 4.15. The molecule has 0 N–H and O–H groups in total. The van der Waals surface area contributed by atoms with E-state index in [0.29, 0.717) is 0 Å². The smallest absolute Gasteiger partial charge is 0.123 e. The second-order valence-electron chi connectivity index (χ2n) is 3.58. The Kier molecular flexibility index (Phi) is 2.87. The van der Waals surface area contributed by atoms with Gasteiger partial charge in [-0.25, -0.2) is 4.98 Å². The zero-order valence-electron chi connectivity index (χ0n) is 9.08. The molecule has 0 bridgehead atoms. The van der Waals surface area contributed by atoms with Crippen LogP contribution in [0.5, 0.6) is 0 Å². The molecule has 0 amide bonds. The SMILES string of the molecule is [CH2]c1sc(-c2cccc(CC)c2)nc1C. The number of nitrogens with zero attached hydrogens (tertiary/aromatic N) is 1. The Hall–Kier alpha value is -1.15. The van der Waals surface area contributed by atoms with Crippen molar-refractivity contribution in [2.24, 2.45) is 0 Å². The van der Waals surface area contributed by atoms with Gasteiger partial charge in [0.15, 0.2) is 0 Å². The van der Waals surface area contributed by atoms with Gasteiger partial charge in [-0.2, -0.15) is 0 Å². The van der Waals surface area contributed by atoms with Gasteiger partial charge < -0.3 is 0 Å². The van der Waals surface area contributed by atoms with Gasteiger partial charge in [0.2, 0.25) is 0 Å². The fourth-order valence-electron chi connectivity index (χ4n) is 1.48. The molecule has 0 fully saturated rings. The number of aromatic nitrogens is 1. The molecule has 2 heteroatoms.